The van der Waals surface area contributed by atoms with E-state index in [1.54, 1.807) is 18.2 Å². The molecule has 3 heterocycles. The minimum atomic E-state index is -3.76. The van der Waals surface area contributed by atoms with Gasteiger partial charge >= 0.3 is 5.97 Å². The van der Waals surface area contributed by atoms with Crippen molar-refractivity contribution in [2.45, 2.75) is 36.8 Å². The summed E-state index contributed by atoms with van der Waals surface area (Å²) < 4.78 is 38.1. The third kappa shape index (κ3) is 4.26. The number of hydrogen-bond donors (Lipinski definition) is 0. The standard InChI is InChI=1S/C20H20N2O5S2/c23-20(27-14-15-13-26-19(21-15)18-10-6-12-28-18)17-9-4-5-11-22(17)29(24,25)16-7-2-1-3-8-16/h1-3,6-8,10,12-13,17H,4-5,9,11,14H2. The molecule has 7 nitrogen and oxygen atoms in total. The van der Waals surface area contributed by atoms with Gasteiger partial charge in [-0.05, 0) is 42.8 Å². The van der Waals surface area contributed by atoms with Crippen LogP contribution in [0.25, 0.3) is 10.8 Å². The SMILES string of the molecule is O=C(OCc1coc(-c2cccs2)n1)C1CCCCN1S(=O)(=O)c1ccccc1. The molecule has 0 radical (unpaired) electrons. The Bertz CT molecular complexity index is 1060. The second kappa shape index (κ2) is 8.48. The van der Waals surface area contributed by atoms with E-state index in [0.717, 1.165) is 11.3 Å². The number of ether oxygens (including phenoxy) is 1. The number of sulfonamides is 1. The van der Waals surface area contributed by atoms with Gasteiger partial charge in [-0.25, -0.2) is 13.4 Å². The van der Waals surface area contributed by atoms with E-state index in [9.17, 15) is 13.2 Å². The molecule has 2 aromatic heterocycles. The maximum Gasteiger partial charge on any atom is 0.324 e. The first-order chi connectivity index (χ1) is 14.1. The zero-order chi connectivity index (χ0) is 20.3. The monoisotopic (exact) mass is 432 g/mol. The molecular formula is C20H20N2O5S2. The average Bonchev–Trinajstić information content (AvgIpc) is 3.44. The minimum absolute atomic E-state index is 0.0660. The number of oxazole rings is 1. The van der Waals surface area contributed by atoms with Crippen LogP contribution in [0.1, 0.15) is 25.0 Å². The molecule has 1 atom stereocenters. The summed E-state index contributed by atoms with van der Waals surface area (Å²) in [6.07, 6.45) is 3.36. The number of carbonyl (C=O) groups is 1. The highest BCUT2D eigenvalue weighted by Gasteiger charge is 2.38. The lowest BCUT2D eigenvalue weighted by Gasteiger charge is -2.32. The molecule has 4 rings (SSSR count). The largest absolute Gasteiger partial charge is 0.458 e. The van der Waals surface area contributed by atoms with Crippen molar-refractivity contribution < 1.29 is 22.4 Å². The Hall–Kier alpha value is -2.49. The van der Waals surface area contributed by atoms with Crippen LogP contribution in [0.4, 0.5) is 0 Å². The van der Waals surface area contributed by atoms with Crippen LogP contribution < -0.4 is 0 Å². The van der Waals surface area contributed by atoms with Crippen LogP contribution in [0.2, 0.25) is 0 Å². The molecule has 0 bridgehead atoms. The predicted molar refractivity (Wildman–Crippen MR) is 108 cm³/mol. The van der Waals surface area contributed by atoms with Gasteiger partial charge in [0.2, 0.25) is 15.9 Å². The first-order valence-electron chi connectivity index (χ1n) is 9.27. The molecule has 0 spiro atoms. The van der Waals surface area contributed by atoms with Crippen LogP contribution in [-0.4, -0.2) is 36.3 Å². The molecule has 0 aliphatic carbocycles. The van der Waals surface area contributed by atoms with Gasteiger partial charge in [0, 0.05) is 6.54 Å². The summed E-state index contributed by atoms with van der Waals surface area (Å²) in [6.45, 7) is 0.229. The molecule has 9 heteroatoms. The molecule has 3 aromatic rings. The Kier molecular flexibility index (Phi) is 5.79. The van der Waals surface area contributed by atoms with Crippen LogP contribution >= 0.6 is 11.3 Å². The van der Waals surface area contributed by atoms with Crippen LogP contribution in [0.5, 0.6) is 0 Å². The van der Waals surface area contributed by atoms with E-state index in [-0.39, 0.29) is 11.5 Å². The molecule has 1 aromatic carbocycles. The zero-order valence-corrected chi connectivity index (χ0v) is 17.2. The Morgan fingerprint density at radius 2 is 2.03 bits per heavy atom. The topological polar surface area (TPSA) is 89.7 Å². The molecule has 1 aliphatic heterocycles. The fourth-order valence-electron chi connectivity index (χ4n) is 3.28. The number of piperidine rings is 1. The molecule has 1 aliphatic rings. The predicted octanol–water partition coefficient (Wildman–Crippen LogP) is 3.69. The quantitative estimate of drug-likeness (QED) is 0.552. The van der Waals surface area contributed by atoms with Gasteiger partial charge in [0.1, 0.15) is 24.6 Å². The summed E-state index contributed by atoms with van der Waals surface area (Å²) in [7, 11) is -3.76. The van der Waals surface area contributed by atoms with Crippen LogP contribution in [0.15, 0.2) is 63.4 Å². The van der Waals surface area contributed by atoms with Crippen molar-refractivity contribution in [3.05, 3.63) is 59.8 Å². The zero-order valence-electron chi connectivity index (χ0n) is 15.6. The highest BCUT2D eigenvalue weighted by Crippen LogP contribution is 2.27. The van der Waals surface area contributed by atoms with Crippen molar-refractivity contribution in [2.75, 3.05) is 6.54 Å². The second-order valence-electron chi connectivity index (χ2n) is 6.67. The van der Waals surface area contributed by atoms with Crippen molar-refractivity contribution >= 4 is 27.3 Å². The van der Waals surface area contributed by atoms with Crippen molar-refractivity contribution in [2.24, 2.45) is 0 Å². The van der Waals surface area contributed by atoms with Gasteiger partial charge in [-0.2, -0.15) is 4.31 Å². The molecule has 1 fully saturated rings. The number of rotatable bonds is 6. The first-order valence-corrected chi connectivity index (χ1v) is 11.6. The van der Waals surface area contributed by atoms with E-state index in [0.29, 0.717) is 31.0 Å². The van der Waals surface area contributed by atoms with Gasteiger partial charge in [0.15, 0.2) is 0 Å². The second-order valence-corrected chi connectivity index (χ2v) is 9.51. The Morgan fingerprint density at radius 1 is 1.21 bits per heavy atom. The summed E-state index contributed by atoms with van der Waals surface area (Å²) in [5, 5.41) is 1.92. The third-order valence-corrected chi connectivity index (χ3v) is 7.50. The molecule has 1 unspecified atom stereocenters. The molecule has 152 valence electrons. The highest BCUT2D eigenvalue weighted by molar-refractivity contribution is 7.89. The van der Waals surface area contributed by atoms with E-state index < -0.39 is 22.0 Å². The van der Waals surface area contributed by atoms with E-state index in [4.69, 9.17) is 9.15 Å². The number of aromatic nitrogens is 1. The van der Waals surface area contributed by atoms with Crippen LogP contribution in [0.3, 0.4) is 0 Å². The fraction of sp³-hybridized carbons (Fsp3) is 0.300. The van der Waals surface area contributed by atoms with Crippen molar-refractivity contribution in [3.8, 4) is 10.8 Å². The van der Waals surface area contributed by atoms with Gasteiger partial charge in [-0.15, -0.1) is 11.3 Å². The number of esters is 1. The van der Waals surface area contributed by atoms with E-state index in [2.05, 4.69) is 4.98 Å². The van der Waals surface area contributed by atoms with E-state index >= 15 is 0 Å². The van der Waals surface area contributed by atoms with E-state index in [1.165, 1.54) is 34.0 Å². The number of thiophene rings is 1. The smallest absolute Gasteiger partial charge is 0.324 e. The Balaban J connectivity index is 1.45. The van der Waals surface area contributed by atoms with E-state index in [1.807, 2.05) is 17.5 Å². The van der Waals surface area contributed by atoms with Gasteiger partial charge in [-0.3, -0.25) is 4.79 Å². The Labute approximate surface area is 173 Å². The minimum Gasteiger partial charge on any atom is -0.458 e. The maximum absolute atomic E-state index is 13.0. The number of hydrogen-bond acceptors (Lipinski definition) is 7. The lowest BCUT2D eigenvalue weighted by atomic mass is 10.1. The summed E-state index contributed by atoms with van der Waals surface area (Å²) >= 11 is 1.50. The van der Waals surface area contributed by atoms with Gasteiger partial charge in [-0.1, -0.05) is 24.3 Å². The van der Waals surface area contributed by atoms with Gasteiger partial charge in [0.05, 0.1) is 9.77 Å². The van der Waals surface area contributed by atoms with Gasteiger partial charge in [0.25, 0.3) is 0 Å². The molecule has 1 saturated heterocycles. The molecule has 0 amide bonds. The maximum atomic E-state index is 13.0. The summed E-state index contributed by atoms with van der Waals surface area (Å²) in [6, 6.07) is 11.1. The van der Waals surface area contributed by atoms with Crippen LogP contribution in [-0.2, 0) is 26.2 Å². The molecule has 0 saturated carbocycles. The summed E-state index contributed by atoms with van der Waals surface area (Å²) in [5.74, 6) is -0.0955. The molecule has 29 heavy (non-hydrogen) atoms. The lowest BCUT2D eigenvalue weighted by molar-refractivity contribution is -0.150. The first kappa shape index (κ1) is 19.8. The molecular weight excluding hydrogens is 412 g/mol. The van der Waals surface area contributed by atoms with Crippen molar-refractivity contribution in [1.29, 1.82) is 0 Å². The summed E-state index contributed by atoms with van der Waals surface area (Å²) in [4.78, 5) is 18.1. The fourth-order valence-corrected chi connectivity index (χ4v) is 5.61. The number of benzene rings is 1. The highest BCUT2D eigenvalue weighted by atomic mass is 32.2. The lowest BCUT2D eigenvalue weighted by Crippen LogP contribution is -2.48. The van der Waals surface area contributed by atoms with Crippen molar-refractivity contribution in [3.63, 3.8) is 0 Å². The normalized spacial score (nSPS) is 17.9. The molecule has 0 N–H and O–H groups in total. The van der Waals surface area contributed by atoms with Crippen LogP contribution in [0, 0.1) is 0 Å². The summed E-state index contributed by atoms with van der Waals surface area (Å²) in [5.41, 5.74) is 0.482. The van der Waals surface area contributed by atoms with Crippen molar-refractivity contribution in [1.82, 2.24) is 9.29 Å². The number of carbonyl (C=O) groups excluding carboxylic acids is 1. The average molecular weight is 433 g/mol. The third-order valence-electron chi connectivity index (χ3n) is 4.72. The Morgan fingerprint density at radius 3 is 2.79 bits per heavy atom. The van der Waals surface area contributed by atoms with Gasteiger partial charge < -0.3 is 9.15 Å². The number of nitrogens with zero attached hydrogens (tertiary/aromatic N) is 2.